The molecule has 0 aliphatic rings. The molecular weight excluding hydrogens is 313 g/mol. The number of hydrogen-bond donors (Lipinski definition) is 0. The molecule has 0 amide bonds. The van der Waals surface area contributed by atoms with E-state index in [1.807, 2.05) is 0 Å². The third kappa shape index (κ3) is 5.18. The van der Waals surface area contributed by atoms with Crippen LogP contribution in [0.4, 0.5) is 30.7 Å². The zero-order chi connectivity index (χ0) is 16.9. The molecule has 1 aromatic carbocycles. The van der Waals surface area contributed by atoms with Gasteiger partial charge in [0.1, 0.15) is 0 Å². The van der Waals surface area contributed by atoms with Gasteiger partial charge in [0.25, 0.3) is 0 Å². The molecule has 0 saturated carbocycles. The highest BCUT2D eigenvalue weighted by atomic mass is 19.4. The first kappa shape index (κ1) is 23.0. The summed E-state index contributed by atoms with van der Waals surface area (Å²) in [7, 11) is 0. The van der Waals surface area contributed by atoms with Gasteiger partial charge in [0.2, 0.25) is 0 Å². The minimum Gasteiger partial charge on any atom is -0.218 e. The Bertz CT molecular complexity index is 399. The summed E-state index contributed by atoms with van der Waals surface area (Å²) in [6.45, 7) is 5.82. The molecule has 0 N–H and O–H groups in total. The van der Waals surface area contributed by atoms with E-state index in [1.165, 1.54) is 19.8 Å². The summed E-state index contributed by atoms with van der Waals surface area (Å²) < 4.78 is 87.2. The minimum absolute atomic E-state index is 0. The summed E-state index contributed by atoms with van der Waals surface area (Å²) >= 11 is 0. The van der Waals surface area contributed by atoms with Gasteiger partial charge in [0.05, 0.1) is 0 Å². The lowest BCUT2D eigenvalue weighted by atomic mass is 9.93. The van der Waals surface area contributed by atoms with E-state index in [2.05, 4.69) is 13.8 Å². The van der Waals surface area contributed by atoms with E-state index >= 15 is 0 Å². The first-order valence-electron chi connectivity index (χ1n) is 6.31. The zero-order valence-corrected chi connectivity index (χ0v) is 11.9. The summed E-state index contributed by atoms with van der Waals surface area (Å²) in [5, 5.41) is 0. The Morgan fingerprint density at radius 1 is 0.727 bits per heavy atom. The number of rotatable bonds is 2. The quantitative estimate of drug-likeness (QED) is 0.526. The summed E-state index contributed by atoms with van der Waals surface area (Å²) in [5.41, 5.74) is -6.38. The Morgan fingerprint density at radius 3 is 1.27 bits per heavy atom. The molecule has 0 nitrogen and oxygen atoms in total. The minimum atomic E-state index is -6.06. The van der Waals surface area contributed by atoms with Crippen LogP contribution in [-0.2, 0) is 5.67 Å². The Hall–Kier alpha value is -1.27. The van der Waals surface area contributed by atoms with Crippen LogP contribution in [0.5, 0.6) is 0 Å². The summed E-state index contributed by atoms with van der Waals surface area (Å²) in [4.78, 5) is 0. The molecule has 130 valence electrons. The molecule has 7 heteroatoms. The normalized spacial score (nSPS) is 12.1. The number of aryl methyl sites for hydroxylation is 1. The number of unbranched alkanes of at least 4 members (excludes halogenated alkanes) is 1. The fourth-order valence-electron chi connectivity index (χ4n) is 1.27. The van der Waals surface area contributed by atoms with Crippen LogP contribution in [0.3, 0.4) is 0 Å². The van der Waals surface area contributed by atoms with E-state index in [9.17, 15) is 30.7 Å². The van der Waals surface area contributed by atoms with E-state index in [1.54, 1.807) is 0 Å². The van der Waals surface area contributed by atoms with Gasteiger partial charge in [-0.1, -0.05) is 63.9 Å². The highest BCUT2D eigenvalue weighted by Crippen LogP contribution is 2.53. The van der Waals surface area contributed by atoms with E-state index in [0.29, 0.717) is 17.7 Å². The lowest BCUT2D eigenvalue weighted by Gasteiger charge is -2.30. The number of alkyl halides is 7. The average Bonchev–Trinajstić information content (AvgIpc) is 2.36. The van der Waals surface area contributed by atoms with Gasteiger partial charge in [-0.05, 0) is 6.92 Å². The first-order chi connectivity index (χ1) is 9.41. The topological polar surface area (TPSA) is 0 Å². The maximum Gasteiger partial charge on any atom is 0.435 e. The highest BCUT2D eigenvalue weighted by Gasteiger charge is 2.73. The Labute approximate surface area is 126 Å². The van der Waals surface area contributed by atoms with Crippen LogP contribution in [0, 0.1) is 6.92 Å². The Balaban J connectivity index is 0. The molecule has 0 aromatic heterocycles. The van der Waals surface area contributed by atoms with Crippen molar-refractivity contribution in [3.63, 3.8) is 0 Å². The molecule has 0 atom stereocenters. The molecule has 0 bridgehead atoms. The van der Waals surface area contributed by atoms with Crippen LogP contribution < -0.4 is 0 Å². The zero-order valence-electron chi connectivity index (χ0n) is 11.9. The first-order valence-corrected chi connectivity index (χ1v) is 6.31. The summed E-state index contributed by atoms with van der Waals surface area (Å²) in [5.74, 6) is 0. The fourth-order valence-corrected chi connectivity index (χ4v) is 1.27. The van der Waals surface area contributed by atoms with Crippen molar-refractivity contribution in [2.24, 2.45) is 0 Å². The Kier molecular flexibility index (Phi) is 8.77. The van der Waals surface area contributed by atoms with Crippen molar-refractivity contribution in [1.29, 1.82) is 0 Å². The van der Waals surface area contributed by atoms with Gasteiger partial charge in [-0.15, -0.1) is 0 Å². The summed E-state index contributed by atoms with van der Waals surface area (Å²) in [6, 6.07) is 2.94. The largest absolute Gasteiger partial charge is 0.435 e. The number of hydrogen-bond acceptors (Lipinski definition) is 0. The van der Waals surface area contributed by atoms with Crippen LogP contribution in [0.25, 0.3) is 0 Å². The lowest BCUT2D eigenvalue weighted by molar-refractivity contribution is -0.348. The second-order valence-electron chi connectivity index (χ2n) is 4.52. The summed E-state index contributed by atoms with van der Waals surface area (Å²) in [6.07, 6.45) is -9.47. The highest BCUT2D eigenvalue weighted by molar-refractivity contribution is 5.29. The molecule has 1 rings (SSSR count). The average molecular weight is 334 g/mol. The molecule has 0 aliphatic heterocycles. The third-order valence-electron chi connectivity index (χ3n) is 2.73. The Morgan fingerprint density at radius 2 is 1.05 bits per heavy atom. The molecule has 0 unspecified atom stereocenters. The van der Waals surface area contributed by atoms with Gasteiger partial charge in [0.15, 0.2) is 0 Å². The van der Waals surface area contributed by atoms with Crippen molar-refractivity contribution in [3.8, 4) is 0 Å². The van der Waals surface area contributed by atoms with E-state index in [4.69, 9.17) is 0 Å². The number of halogens is 7. The molecule has 0 spiro atoms. The van der Waals surface area contributed by atoms with Crippen LogP contribution in [0.2, 0.25) is 0 Å². The smallest absolute Gasteiger partial charge is 0.218 e. The maximum absolute atomic E-state index is 13.4. The lowest BCUT2D eigenvalue weighted by Crippen LogP contribution is -2.50. The van der Waals surface area contributed by atoms with Crippen molar-refractivity contribution in [1.82, 2.24) is 0 Å². The number of benzene rings is 1. The predicted molar refractivity (Wildman–Crippen MR) is 73.4 cm³/mol. The van der Waals surface area contributed by atoms with E-state index in [0.717, 1.165) is 12.1 Å². The van der Waals surface area contributed by atoms with Crippen molar-refractivity contribution >= 4 is 0 Å². The molecule has 0 fully saturated rings. The molecule has 0 radical (unpaired) electrons. The van der Waals surface area contributed by atoms with Gasteiger partial charge >= 0.3 is 18.0 Å². The SMILES string of the molecule is C.CCCC.Cc1ccc(C(F)(C(F)(F)F)C(F)(F)F)cc1. The molecular formula is C15H21F7. The third-order valence-corrected chi connectivity index (χ3v) is 2.73. The molecule has 0 saturated heterocycles. The van der Waals surface area contributed by atoms with E-state index < -0.39 is 23.6 Å². The van der Waals surface area contributed by atoms with Crippen molar-refractivity contribution in [2.45, 2.75) is 59.1 Å². The second kappa shape index (κ2) is 8.39. The van der Waals surface area contributed by atoms with Crippen molar-refractivity contribution in [3.05, 3.63) is 35.4 Å². The van der Waals surface area contributed by atoms with Crippen molar-refractivity contribution in [2.75, 3.05) is 0 Å². The van der Waals surface area contributed by atoms with Crippen molar-refractivity contribution < 1.29 is 30.7 Å². The van der Waals surface area contributed by atoms with Crippen LogP contribution in [-0.4, -0.2) is 12.4 Å². The van der Waals surface area contributed by atoms with Crippen LogP contribution in [0.1, 0.15) is 45.2 Å². The monoisotopic (exact) mass is 334 g/mol. The van der Waals surface area contributed by atoms with Gasteiger partial charge in [-0.3, -0.25) is 0 Å². The second-order valence-corrected chi connectivity index (χ2v) is 4.52. The van der Waals surface area contributed by atoms with Gasteiger partial charge in [0, 0.05) is 5.56 Å². The predicted octanol–water partition coefficient (Wildman–Crippen LogP) is 6.73. The molecule has 0 aliphatic carbocycles. The molecule has 1 aromatic rings. The maximum atomic E-state index is 13.4. The molecule has 22 heavy (non-hydrogen) atoms. The standard InChI is InChI=1S/C10H7F7.C4H10.CH4/c1-6-2-4-7(5-3-6)8(11,9(12,13)14)10(15,16)17;1-3-4-2;/h2-5H,1H3;3-4H2,1-2H3;1H4. The van der Waals surface area contributed by atoms with Crippen LogP contribution >= 0.6 is 0 Å². The van der Waals surface area contributed by atoms with E-state index in [-0.39, 0.29) is 7.43 Å². The molecule has 0 heterocycles. The fraction of sp³-hybridized carbons (Fsp3) is 0.600. The van der Waals surface area contributed by atoms with Gasteiger partial charge in [-0.2, -0.15) is 26.3 Å². The van der Waals surface area contributed by atoms with Gasteiger partial charge in [-0.25, -0.2) is 4.39 Å². The van der Waals surface area contributed by atoms with Crippen LogP contribution in [0.15, 0.2) is 24.3 Å². The van der Waals surface area contributed by atoms with Gasteiger partial charge < -0.3 is 0 Å².